The van der Waals surface area contributed by atoms with Crippen molar-refractivity contribution in [3.05, 3.63) is 76.5 Å². The molecule has 8 heteroatoms. The zero-order chi connectivity index (χ0) is 19.5. The van der Waals surface area contributed by atoms with Gasteiger partial charge in [-0.25, -0.2) is 0 Å². The minimum atomic E-state index is -0.408. The highest BCUT2D eigenvalue weighted by molar-refractivity contribution is 5.93. The number of aromatic nitrogens is 2. The molecule has 1 amide bonds. The fourth-order valence-corrected chi connectivity index (χ4v) is 3.31. The van der Waals surface area contributed by atoms with E-state index < -0.39 is 4.92 Å². The number of nitrogens with one attached hydrogen (secondary N) is 1. The van der Waals surface area contributed by atoms with Crippen LogP contribution in [0.3, 0.4) is 0 Å². The van der Waals surface area contributed by atoms with Crippen LogP contribution >= 0.6 is 0 Å². The number of hydrogen-bond donors (Lipinski definition) is 1. The lowest BCUT2D eigenvalue weighted by Crippen LogP contribution is -2.48. The standard InChI is InChI=1S/C20H19N5O3/c26-20(19-14-18(21-22-19)15-4-2-1-3-5-15)24-12-10-23(11-13-24)16-6-8-17(9-7-16)25(27)28/h1-9,14H,10-13H2,(H,21,22). The summed E-state index contributed by atoms with van der Waals surface area (Å²) in [6.45, 7) is 2.50. The largest absolute Gasteiger partial charge is 0.368 e. The van der Waals surface area contributed by atoms with Crippen molar-refractivity contribution < 1.29 is 9.72 Å². The van der Waals surface area contributed by atoms with E-state index in [0.29, 0.717) is 31.9 Å². The number of hydrogen-bond acceptors (Lipinski definition) is 5. The van der Waals surface area contributed by atoms with Crippen molar-refractivity contribution in [1.29, 1.82) is 0 Å². The Kier molecular flexibility index (Phi) is 4.76. The molecule has 4 rings (SSSR count). The number of piperazine rings is 1. The minimum Gasteiger partial charge on any atom is -0.368 e. The van der Waals surface area contributed by atoms with Crippen LogP contribution in [0.2, 0.25) is 0 Å². The van der Waals surface area contributed by atoms with E-state index in [1.165, 1.54) is 12.1 Å². The maximum atomic E-state index is 12.8. The van der Waals surface area contributed by atoms with Crippen LogP contribution in [-0.2, 0) is 0 Å². The predicted molar refractivity (Wildman–Crippen MR) is 105 cm³/mol. The van der Waals surface area contributed by atoms with Crippen molar-refractivity contribution in [3.63, 3.8) is 0 Å². The number of carbonyl (C=O) groups excluding carboxylic acids is 1. The molecular formula is C20H19N5O3. The molecule has 1 N–H and O–H groups in total. The van der Waals surface area contributed by atoms with E-state index in [-0.39, 0.29) is 11.6 Å². The molecule has 1 saturated heterocycles. The Bertz CT molecular complexity index is 977. The molecule has 0 radical (unpaired) electrons. The van der Waals surface area contributed by atoms with Crippen molar-refractivity contribution in [1.82, 2.24) is 15.1 Å². The molecular weight excluding hydrogens is 358 g/mol. The molecule has 8 nitrogen and oxygen atoms in total. The first-order valence-electron chi connectivity index (χ1n) is 9.01. The summed E-state index contributed by atoms with van der Waals surface area (Å²) >= 11 is 0. The molecule has 1 fully saturated rings. The lowest BCUT2D eigenvalue weighted by Gasteiger charge is -2.35. The Balaban J connectivity index is 1.39. The highest BCUT2D eigenvalue weighted by atomic mass is 16.6. The molecule has 2 heterocycles. The van der Waals surface area contributed by atoms with Crippen molar-refractivity contribution in [2.75, 3.05) is 31.1 Å². The molecule has 28 heavy (non-hydrogen) atoms. The third-order valence-electron chi connectivity index (χ3n) is 4.87. The van der Waals surface area contributed by atoms with Gasteiger partial charge in [0, 0.05) is 49.6 Å². The number of carbonyl (C=O) groups is 1. The van der Waals surface area contributed by atoms with Crippen LogP contribution in [0.15, 0.2) is 60.7 Å². The van der Waals surface area contributed by atoms with Gasteiger partial charge in [-0.2, -0.15) is 5.10 Å². The summed E-state index contributed by atoms with van der Waals surface area (Å²) < 4.78 is 0. The van der Waals surface area contributed by atoms with Crippen molar-refractivity contribution in [3.8, 4) is 11.3 Å². The van der Waals surface area contributed by atoms with Crippen LogP contribution in [0.5, 0.6) is 0 Å². The number of amides is 1. The molecule has 142 valence electrons. The first kappa shape index (κ1) is 17.7. The summed E-state index contributed by atoms with van der Waals surface area (Å²) in [5, 5.41) is 17.9. The van der Waals surface area contributed by atoms with E-state index in [9.17, 15) is 14.9 Å². The number of anilines is 1. The van der Waals surface area contributed by atoms with Gasteiger partial charge in [0.15, 0.2) is 0 Å². The molecule has 0 atom stereocenters. The molecule has 1 aliphatic heterocycles. The Morgan fingerprint density at radius 1 is 1.00 bits per heavy atom. The van der Waals surface area contributed by atoms with E-state index in [2.05, 4.69) is 15.1 Å². The maximum absolute atomic E-state index is 12.8. The van der Waals surface area contributed by atoms with Gasteiger partial charge in [0.05, 0.1) is 10.6 Å². The smallest absolute Gasteiger partial charge is 0.272 e. The second-order valence-electron chi connectivity index (χ2n) is 6.59. The monoisotopic (exact) mass is 377 g/mol. The number of benzene rings is 2. The van der Waals surface area contributed by atoms with Crippen LogP contribution in [0.25, 0.3) is 11.3 Å². The zero-order valence-electron chi connectivity index (χ0n) is 15.1. The van der Waals surface area contributed by atoms with Crippen molar-refractivity contribution in [2.45, 2.75) is 0 Å². The first-order chi connectivity index (χ1) is 13.6. The van der Waals surface area contributed by atoms with Crippen LogP contribution in [-0.4, -0.2) is 52.1 Å². The first-order valence-corrected chi connectivity index (χ1v) is 9.01. The predicted octanol–water partition coefficient (Wildman–Crippen LogP) is 2.95. The lowest BCUT2D eigenvalue weighted by molar-refractivity contribution is -0.384. The molecule has 0 unspecified atom stereocenters. The van der Waals surface area contributed by atoms with E-state index in [1.807, 2.05) is 30.3 Å². The van der Waals surface area contributed by atoms with Crippen LogP contribution in [0, 0.1) is 10.1 Å². The lowest BCUT2D eigenvalue weighted by atomic mass is 10.1. The fraction of sp³-hybridized carbons (Fsp3) is 0.200. The van der Waals surface area contributed by atoms with Gasteiger partial charge >= 0.3 is 0 Å². The topological polar surface area (TPSA) is 95.4 Å². The second-order valence-corrected chi connectivity index (χ2v) is 6.59. The normalized spacial score (nSPS) is 14.1. The van der Waals surface area contributed by atoms with Gasteiger partial charge in [0.1, 0.15) is 5.69 Å². The van der Waals surface area contributed by atoms with Gasteiger partial charge in [-0.05, 0) is 18.2 Å². The van der Waals surface area contributed by atoms with E-state index >= 15 is 0 Å². The highest BCUT2D eigenvalue weighted by Gasteiger charge is 2.24. The summed E-state index contributed by atoms with van der Waals surface area (Å²) in [5.41, 5.74) is 3.17. The molecule has 1 aliphatic rings. The average Bonchev–Trinajstić information content (AvgIpc) is 3.24. The maximum Gasteiger partial charge on any atom is 0.272 e. The fourth-order valence-electron chi connectivity index (χ4n) is 3.31. The minimum absolute atomic E-state index is 0.0713. The Morgan fingerprint density at radius 3 is 2.32 bits per heavy atom. The van der Waals surface area contributed by atoms with E-state index in [0.717, 1.165) is 16.9 Å². The number of aromatic amines is 1. The Morgan fingerprint density at radius 2 is 1.68 bits per heavy atom. The van der Waals surface area contributed by atoms with Gasteiger partial charge < -0.3 is 9.80 Å². The zero-order valence-corrected chi connectivity index (χ0v) is 15.1. The molecule has 1 aromatic heterocycles. The molecule has 3 aromatic rings. The van der Waals surface area contributed by atoms with Crippen LogP contribution < -0.4 is 4.90 Å². The number of nitro benzene ring substituents is 1. The van der Waals surface area contributed by atoms with Gasteiger partial charge in [-0.3, -0.25) is 20.0 Å². The summed E-state index contributed by atoms with van der Waals surface area (Å²) in [7, 11) is 0. The Hall–Kier alpha value is -3.68. The van der Waals surface area contributed by atoms with Crippen molar-refractivity contribution >= 4 is 17.3 Å². The third-order valence-corrected chi connectivity index (χ3v) is 4.87. The summed E-state index contributed by atoms with van der Waals surface area (Å²) in [4.78, 5) is 27.1. The molecule has 0 spiro atoms. The number of H-pyrrole nitrogens is 1. The van der Waals surface area contributed by atoms with Gasteiger partial charge in [-0.1, -0.05) is 30.3 Å². The van der Waals surface area contributed by atoms with Crippen molar-refractivity contribution in [2.24, 2.45) is 0 Å². The molecule has 0 aliphatic carbocycles. The van der Waals surface area contributed by atoms with E-state index in [4.69, 9.17) is 0 Å². The Labute approximate surface area is 161 Å². The summed E-state index contributed by atoms with van der Waals surface area (Å²) in [6.07, 6.45) is 0. The third kappa shape index (κ3) is 3.57. The van der Waals surface area contributed by atoms with Gasteiger partial charge in [-0.15, -0.1) is 0 Å². The van der Waals surface area contributed by atoms with Crippen LogP contribution in [0.4, 0.5) is 11.4 Å². The average molecular weight is 377 g/mol. The SMILES string of the molecule is O=C(c1cc(-c2ccccc2)n[nH]1)N1CCN(c2ccc([N+](=O)[O-])cc2)CC1. The number of nitro groups is 1. The molecule has 0 bridgehead atoms. The van der Waals surface area contributed by atoms with Gasteiger partial charge in [0.2, 0.25) is 0 Å². The second kappa shape index (κ2) is 7.51. The quantitative estimate of drug-likeness (QED) is 0.557. The number of rotatable bonds is 4. The number of non-ortho nitro benzene ring substituents is 1. The summed E-state index contributed by atoms with van der Waals surface area (Å²) in [5.74, 6) is -0.0713. The number of nitrogens with zero attached hydrogens (tertiary/aromatic N) is 4. The van der Waals surface area contributed by atoms with Crippen LogP contribution in [0.1, 0.15) is 10.5 Å². The van der Waals surface area contributed by atoms with Gasteiger partial charge in [0.25, 0.3) is 11.6 Å². The highest BCUT2D eigenvalue weighted by Crippen LogP contribution is 2.22. The molecule has 2 aromatic carbocycles. The van der Waals surface area contributed by atoms with E-state index in [1.54, 1.807) is 23.1 Å². The summed E-state index contributed by atoms with van der Waals surface area (Å²) in [6, 6.07) is 18.0. The molecule has 0 saturated carbocycles.